The van der Waals surface area contributed by atoms with Gasteiger partial charge < -0.3 is 0 Å². The number of thiophene rings is 1. The van der Waals surface area contributed by atoms with Gasteiger partial charge in [-0.1, -0.05) is 0 Å². The van der Waals surface area contributed by atoms with E-state index in [0.29, 0.717) is 14.1 Å². The van der Waals surface area contributed by atoms with Gasteiger partial charge in [0.25, 0.3) is 0 Å². The van der Waals surface area contributed by atoms with Crippen molar-refractivity contribution in [3.63, 3.8) is 0 Å². The molecule has 0 amide bonds. The average molecular weight is 290 g/mol. The first kappa shape index (κ1) is 9.95. The molecule has 0 saturated carbocycles. The zero-order valence-corrected chi connectivity index (χ0v) is 10.0. The first-order valence-electron chi connectivity index (χ1n) is 3.64. The standard InChI is InChI=1S/C8H4BrNO2S2/c9-5-3-4-1-2-14-8(4)6(7(5)13)10(11)12/h1-3,13H. The van der Waals surface area contributed by atoms with Gasteiger partial charge >= 0.3 is 5.69 Å². The Labute approximate surface area is 97.4 Å². The maximum absolute atomic E-state index is 10.8. The van der Waals surface area contributed by atoms with Gasteiger partial charge in [-0.15, -0.1) is 24.0 Å². The molecular weight excluding hydrogens is 286 g/mol. The third-order valence-electron chi connectivity index (χ3n) is 1.83. The highest BCUT2D eigenvalue weighted by atomic mass is 79.9. The summed E-state index contributed by atoms with van der Waals surface area (Å²) in [7, 11) is 0. The second-order valence-corrected chi connectivity index (χ2v) is 4.87. The Morgan fingerprint density at radius 2 is 2.29 bits per heavy atom. The largest absolute Gasteiger partial charge is 0.301 e. The molecule has 2 aromatic rings. The monoisotopic (exact) mass is 289 g/mol. The Morgan fingerprint density at radius 3 is 2.93 bits per heavy atom. The fourth-order valence-electron chi connectivity index (χ4n) is 1.22. The molecule has 1 aromatic heterocycles. The summed E-state index contributed by atoms with van der Waals surface area (Å²) in [5, 5.41) is 13.5. The van der Waals surface area contributed by atoms with Crippen molar-refractivity contribution in [1.29, 1.82) is 0 Å². The van der Waals surface area contributed by atoms with Crippen molar-refractivity contribution >= 4 is 55.7 Å². The second kappa shape index (κ2) is 3.52. The zero-order chi connectivity index (χ0) is 10.3. The van der Waals surface area contributed by atoms with Crippen molar-refractivity contribution in [2.45, 2.75) is 4.90 Å². The molecule has 0 aliphatic rings. The summed E-state index contributed by atoms with van der Waals surface area (Å²) in [5.74, 6) is 0. The summed E-state index contributed by atoms with van der Waals surface area (Å²) >= 11 is 8.72. The van der Waals surface area contributed by atoms with Crippen LogP contribution in [0.4, 0.5) is 5.69 Å². The SMILES string of the molecule is O=[N+]([O-])c1c(S)c(Br)cc2ccsc12. The Bertz CT molecular complexity index is 523. The zero-order valence-electron chi connectivity index (χ0n) is 6.73. The Kier molecular flexibility index (Phi) is 2.50. The summed E-state index contributed by atoms with van der Waals surface area (Å²) in [6, 6.07) is 3.69. The minimum absolute atomic E-state index is 0.0766. The summed E-state index contributed by atoms with van der Waals surface area (Å²) in [5.41, 5.74) is 0.0766. The molecule has 0 atom stereocenters. The van der Waals surface area contributed by atoms with Gasteiger partial charge in [0, 0.05) is 9.86 Å². The molecule has 6 heteroatoms. The van der Waals surface area contributed by atoms with Crippen molar-refractivity contribution in [3.05, 3.63) is 32.1 Å². The molecule has 0 saturated heterocycles. The summed E-state index contributed by atoms with van der Waals surface area (Å²) in [6.07, 6.45) is 0. The molecule has 72 valence electrons. The van der Waals surface area contributed by atoms with Crippen LogP contribution in [0.25, 0.3) is 10.1 Å². The van der Waals surface area contributed by atoms with Crippen molar-refractivity contribution in [2.75, 3.05) is 0 Å². The van der Waals surface area contributed by atoms with Gasteiger partial charge in [0.1, 0.15) is 4.70 Å². The number of fused-ring (bicyclic) bond motifs is 1. The average Bonchev–Trinajstić information content (AvgIpc) is 2.52. The molecule has 0 aliphatic carbocycles. The van der Waals surface area contributed by atoms with E-state index in [1.807, 2.05) is 17.5 Å². The molecule has 0 bridgehead atoms. The van der Waals surface area contributed by atoms with Gasteiger partial charge in [0.05, 0.1) is 9.82 Å². The van der Waals surface area contributed by atoms with E-state index in [9.17, 15) is 10.1 Å². The van der Waals surface area contributed by atoms with Crippen LogP contribution in [0.1, 0.15) is 0 Å². The normalized spacial score (nSPS) is 10.7. The van der Waals surface area contributed by atoms with Crippen LogP contribution in [-0.4, -0.2) is 4.92 Å². The number of hydrogen-bond donors (Lipinski definition) is 1. The molecule has 0 radical (unpaired) electrons. The number of halogens is 1. The lowest BCUT2D eigenvalue weighted by molar-refractivity contribution is -0.385. The minimum Gasteiger partial charge on any atom is -0.258 e. The smallest absolute Gasteiger partial charge is 0.258 e. The third-order valence-corrected chi connectivity index (χ3v) is 4.15. The summed E-state index contributed by atoms with van der Waals surface area (Å²) in [4.78, 5) is 10.8. The number of nitro groups is 1. The first-order chi connectivity index (χ1) is 6.61. The molecule has 14 heavy (non-hydrogen) atoms. The van der Waals surface area contributed by atoms with Crippen LogP contribution in [0.5, 0.6) is 0 Å². The van der Waals surface area contributed by atoms with Crippen LogP contribution in [0.15, 0.2) is 26.9 Å². The van der Waals surface area contributed by atoms with Gasteiger partial charge in [0.15, 0.2) is 0 Å². The van der Waals surface area contributed by atoms with E-state index in [1.165, 1.54) is 11.3 Å². The van der Waals surface area contributed by atoms with Gasteiger partial charge in [-0.05, 0) is 33.4 Å². The minimum atomic E-state index is -0.397. The first-order valence-corrected chi connectivity index (χ1v) is 5.76. The van der Waals surface area contributed by atoms with Crippen LogP contribution in [0.3, 0.4) is 0 Å². The molecule has 0 spiro atoms. The number of nitrogens with zero attached hydrogens (tertiary/aromatic N) is 1. The van der Waals surface area contributed by atoms with E-state index in [0.717, 1.165) is 5.39 Å². The van der Waals surface area contributed by atoms with Gasteiger partial charge in [-0.3, -0.25) is 10.1 Å². The predicted molar refractivity (Wildman–Crippen MR) is 63.4 cm³/mol. The quantitative estimate of drug-likeness (QED) is 0.492. The van der Waals surface area contributed by atoms with Crippen LogP contribution in [0, 0.1) is 10.1 Å². The maximum atomic E-state index is 10.8. The van der Waals surface area contributed by atoms with Crippen molar-refractivity contribution in [1.82, 2.24) is 0 Å². The van der Waals surface area contributed by atoms with E-state index < -0.39 is 4.92 Å². The summed E-state index contributed by atoms with van der Waals surface area (Å²) in [6.45, 7) is 0. The molecule has 0 unspecified atom stereocenters. The number of hydrogen-bond acceptors (Lipinski definition) is 4. The van der Waals surface area contributed by atoms with Crippen LogP contribution >= 0.6 is 39.9 Å². The lowest BCUT2D eigenvalue weighted by Crippen LogP contribution is -1.90. The van der Waals surface area contributed by atoms with Gasteiger partial charge in [-0.2, -0.15) is 0 Å². The Morgan fingerprint density at radius 1 is 1.57 bits per heavy atom. The molecule has 1 heterocycles. The topological polar surface area (TPSA) is 43.1 Å². The number of rotatable bonds is 1. The molecule has 2 rings (SSSR count). The lowest BCUT2D eigenvalue weighted by atomic mass is 10.2. The van der Waals surface area contributed by atoms with Crippen molar-refractivity contribution < 1.29 is 4.92 Å². The van der Waals surface area contributed by atoms with Crippen LogP contribution in [-0.2, 0) is 0 Å². The Balaban J connectivity index is 2.93. The third kappa shape index (κ3) is 1.43. The number of benzene rings is 1. The highest BCUT2D eigenvalue weighted by Crippen LogP contribution is 2.40. The van der Waals surface area contributed by atoms with E-state index >= 15 is 0 Å². The molecule has 0 N–H and O–H groups in total. The van der Waals surface area contributed by atoms with Gasteiger partial charge in [0.2, 0.25) is 0 Å². The molecular formula is C8H4BrNO2S2. The number of thiol groups is 1. The lowest BCUT2D eigenvalue weighted by Gasteiger charge is -2.00. The second-order valence-electron chi connectivity index (χ2n) is 2.65. The van der Waals surface area contributed by atoms with E-state index in [1.54, 1.807) is 0 Å². The molecule has 3 nitrogen and oxygen atoms in total. The fourth-order valence-corrected chi connectivity index (χ4v) is 2.89. The predicted octanol–water partition coefficient (Wildman–Crippen LogP) is 3.86. The van der Waals surface area contributed by atoms with E-state index in [2.05, 4.69) is 28.6 Å². The molecule has 1 aromatic carbocycles. The summed E-state index contributed by atoms with van der Waals surface area (Å²) < 4.78 is 1.32. The van der Waals surface area contributed by atoms with E-state index in [4.69, 9.17) is 0 Å². The fraction of sp³-hybridized carbons (Fsp3) is 0. The van der Waals surface area contributed by atoms with Crippen molar-refractivity contribution in [2.24, 2.45) is 0 Å². The number of nitro benzene ring substituents is 1. The molecule has 0 aliphatic heterocycles. The van der Waals surface area contributed by atoms with Gasteiger partial charge in [-0.25, -0.2) is 0 Å². The van der Waals surface area contributed by atoms with Crippen LogP contribution in [0.2, 0.25) is 0 Å². The van der Waals surface area contributed by atoms with Crippen molar-refractivity contribution in [3.8, 4) is 0 Å². The maximum Gasteiger partial charge on any atom is 0.301 e. The van der Waals surface area contributed by atoms with Crippen LogP contribution < -0.4 is 0 Å². The highest BCUT2D eigenvalue weighted by Gasteiger charge is 2.20. The Hall–Kier alpha value is -0.590. The highest BCUT2D eigenvalue weighted by molar-refractivity contribution is 9.10. The van der Waals surface area contributed by atoms with E-state index in [-0.39, 0.29) is 5.69 Å². The molecule has 0 fully saturated rings.